The Morgan fingerprint density at radius 2 is 1.13 bits per heavy atom. The lowest BCUT2D eigenvalue weighted by atomic mass is 9.98. The lowest BCUT2D eigenvalue weighted by molar-refractivity contribution is -0.329. The molecular weight excluding hydrogens is 909 g/mol. The maximum absolute atomic E-state index is 12.2. The molecule has 3 saturated heterocycles. The van der Waals surface area contributed by atoms with Gasteiger partial charge >= 0.3 is 0 Å². The summed E-state index contributed by atoms with van der Waals surface area (Å²) in [5.41, 5.74) is 5.01. The second-order valence-electron chi connectivity index (χ2n) is 18.6. The normalized spacial score (nSPS) is 27.3. The van der Waals surface area contributed by atoms with E-state index in [9.17, 15) is 5.11 Å². The van der Waals surface area contributed by atoms with Gasteiger partial charge in [0.2, 0.25) is 8.32 Å². The fourth-order valence-electron chi connectivity index (χ4n) is 9.94. The van der Waals surface area contributed by atoms with Crippen LogP contribution >= 0.6 is 11.8 Å². The molecule has 5 aromatic carbocycles. The van der Waals surface area contributed by atoms with Crippen LogP contribution in [0.2, 0.25) is 11.1 Å². The zero-order chi connectivity index (χ0) is 48.2. The zero-order valence-corrected chi connectivity index (χ0v) is 42.6. The van der Waals surface area contributed by atoms with Gasteiger partial charge in [-0.2, -0.15) is 0 Å². The minimum Gasteiger partial charge on any atom is -0.409 e. The number of benzene rings is 5. The number of ether oxygens (including phenoxy) is 9. The van der Waals surface area contributed by atoms with E-state index in [2.05, 4.69) is 71.0 Å². The fourth-order valence-corrected chi connectivity index (χ4v) is 15.6. The van der Waals surface area contributed by atoms with Crippen molar-refractivity contribution in [2.24, 2.45) is 0 Å². The topological polar surface area (TPSA) is 113 Å². The second kappa shape index (κ2) is 25.1. The maximum atomic E-state index is 12.2. The van der Waals surface area contributed by atoms with Crippen LogP contribution in [0.25, 0.3) is 0 Å². The fraction of sp³-hybridized carbons (Fsp3) is 0.464. The largest absolute Gasteiger partial charge is 0.409 e. The molecular formula is C56H70O11SSi. The van der Waals surface area contributed by atoms with Gasteiger partial charge in [-0.1, -0.05) is 180 Å². The van der Waals surface area contributed by atoms with E-state index in [0.717, 1.165) is 38.8 Å². The maximum Gasteiger partial charge on any atom is 0.229 e. The zero-order valence-electron chi connectivity index (χ0n) is 40.7. The first-order chi connectivity index (χ1) is 33.7. The number of thioether (sulfide) groups is 1. The van der Waals surface area contributed by atoms with Crippen LogP contribution in [0.3, 0.4) is 0 Å². The molecule has 370 valence electrons. The van der Waals surface area contributed by atoms with Gasteiger partial charge in [-0.25, -0.2) is 0 Å². The highest BCUT2D eigenvalue weighted by molar-refractivity contribution is 7.99. The van der Waals surface area contributed by atoms with Gasteiger partial charge in [-0.3, -0.25) is 0 Å². The lowest BCUT2D eigenvalue weighted by Gasteiger charge is -2.49. The van der Waals surface area contributed by atoms with Gasteiger partial charge in [0.25, 0.3) is 0 Å². The van der Waals surface area contributed by atoms with Crippen LogP contribution < -0.4 is 5.19 Å². The number of fused-ring (bicyclic) bond motifs is 1. The van der Waals surface area contributed by atoms with Crippen LogP contribution in [0.15, 0.2) is 146 Å². The van der Waals surface area contributed by atoms with Crippen LogP contribution in [0.5, 0.6) is 0 Å². The molecule has 1 N–H and O–H groups in total. The van der Waals surface area contributed by atoms with E-state index in [1.165, 1.54) is 0 Å². The molecule has 13 heteroatoms. The summed E-state index contributed by atoms with van der Waals surface area (Å²) in [6, 6.07) is 48.7. The first-order valence-corrected chi connectivity index (χ1v) is 27.6. The van der Waals surface area contributed by atoms with E-state index in [1.54, 1.807) is 18.9 Å². The van der Waals surface area contributed by atoms with Crippen molar-refractivity contribution in [2.75, 3.05) is 26.1 Å². The molecule has 11 nitrogen and oxygen atoms in total. The van der Waals surface area contributed by atoms with E-state index in [0.29, 0.717) is 26.4 Å². The Bertz CT molecular complexity index is 2250. The highest BCUT2D eigenvalue weighted by Gasteiger charge is 2.53. The SMILES string of the molecule is CCS[C@@H]1O[C@@H]2CO[C@@H](c3ccccc3)O[C@H]2[C@H](OCc2cccc([Si](OC[C@H]3O[C@H](OC)[C@H](OCc4ccccc4)[C@@H](OCc4ccccc4)[C@@H]3O)(C(C)C)C(C)C)c2)[C@H]1OCc1ccccc1. The van der Waals surface area contributed by atoms with Crippen LogP contribution in [-0.4, -0.2) is 100 Å². The van der Waals surface area contributed by atoms with Crippen molar-refractivity contribution in [1.82, 2.24) is 0 Å². The third-order valence-electron chi connectivity index (χ3n) is 13.4. The molecule has 3 fully saturated rings. The Hall–Kier alpha value is -3.77. The molecule has 5 aromatic rings. The molecule has 0 spiro atoms. The van der Waals surface area contributed by atoms with E-state index >= 15 is 0 Å². The summed E-state index contributed by atoms with van der Waals surface area (Å²) in [4.78, 5) is 0. The third kappa shape index (κ3) is 12.6. The lowest BCUT2D eigenvalue weighted by Crippen LogP contribution is -2.63. The molecule has 8 rings (SSSR count). The Kier molecular flexibility index (Phi) is 18.7. The van der Waals surface area contributed by atoms with Crippen LogP contribution in [0, 0.1) is 0 Å². The van der Waals surface area contributed by atoms with Crippen molar-refractivity contribution in [3.63, 3.8) is 0 Å². The summed E-state index contributed by atoms with van der Waals surface area (Å²) >= 11 is 1.71. The summed E-state index contributed by atoms with van der Waals surface area (Å²) in [5.74, 6) is 0.840. The van der Waals surface area contributed by atoms with Gasteiger partial charge in [0.15, 0.2) is 12.6 Å². The number of rotatable bonds is 22. The van der Waals surface area contributed by atoms with E-state index in [-0.39, 0.29) is 35.8 Å². The van der Waals surface area contributed by atoms with Gasteiger partial charge in [-0.15, -0.1) is 11.8 Å². The number of methoxy groups -OCH3 is 1. The Balaban J connectivity index is 1.03. The predicted molar refractivity (Wildman–Crippen MR) is 270 cm³/mol. The van der Waals surface area contributed by atoms with E-state index < -0.39 is 63.6 Å². The predicted octanol–water partition coefficient (Wildman–Crippen LogP) is 9.64. The minimum absolute atomic E-state index is 0.130. The Labute approximate surface area is 414 Å². The smallest absolute Gasteiger partial charge is 0.229 e. The van der Waals surface area contributed by atoms with Gasteiger partial charge in [0.05, 0.1) is 39.6 Å². The molecule has 0 aliphatic carbocycles. The van der Waals surface area contributed by atoms with Crippen LogP contribution in [0.4, 0.5) is 0 Å². The summed E-state index contributed by atoms with van der Waals surface area (Å²) in [6.45, 7) is 12.9. The average molecular weight is 979 g/mol. The van der Waals surface area contributed by atoms with Gasteiger partial charge in [-0.05, 0) is 44.3 Å². The van der Waals surface area contributed by atoms with Crippen LogP contribution in [0.1, 0.15) is 68.7 Å². The molecule has 0 saturated carbocycles. The monoisotopic (exact) mass is 978 g/mol. The van der Waals surface area contributed by atoms with E-state index in [4.69, 9.17) is 47.1 Å². The quantitative estimate of drug-likeness (QED) is 0.0667. The molecule has 11 atom stereocenters. The number of hydrogen-bond donors (Lipinski definition) is 1. The molecule has 0 amide bonds. The van der Waals surface area contributed by atoms with Gasteiger partial charge in [0, 0.05) is 12.7 Å². The number of aliphatic hydroxyl groups is 1. The number of aliphatic hydroxyl groups excluding tert-OH is 1. The summed E-state index contributed by atoms with van der Waals surface area (Å²) < 4.78 is 66.6. The highest BCUT2D eigenvalue weighted by atomic mass is 32.2. The molecule has 3 heterocycles. The number of hydrogen-bond acceptors (Lipinski definition) is 12. The third-order valence-corrected chi connectivity index (χ3v) is 19.7. The summed E-state index contributed by atoms with van der Waals surface area (Å²) in [6.07, 6.45) is -6.39. The standard InChI is InChI=1S/C56H70O11SSi/c1-7-68-56-53(62-34-42-25-16-10-17-26-42)51(49-47(66-56)36-63-54(67-49)44-28-18-11-19-29-44)60-35-43-27-20-30-45(31-43)69(38(2)3,39(4)5)64-37-46-48(57)50(59-32-40-21-12-8-13-22-40)52(55(58-6)65-46)61-33-41-23-14-9-15-24-41/h8-31,38-39,46-57H,7,32-37H2,1-6H3/t46-,47-,48-,49-,50+,51+,52-,53-,54-,55+,56+/m1/s1. The van der Waals surface area contributed by atoms with Gasteiger partial charge < -0.3 is 52.2 Å². The van der Waals surface area contributed by atoms with E-state index in [1.807, 2.05) is 109 Å². The molecule has 3 aliphatic heterocycles. The van der Waals surface area contributed by atoms with Crippen molar-refractivity contribution in [2.45, 2.75) is 139 Å². The average Bonchev–Trinajstić information content (AvgIpc) is 3.38. The second-order valence-corrected chi connectivity index (χ2v) is 24.8. The first-order valence-electron chi connectivity index (χ1n) is 24.4. The van der Waals surface area contributed by atoms with Crippen molar-refractivity contribution in [1.29, 1.82) is 0 Å². The minimum atomic E-state index is -2.85. The van der Waals surface area contributed by atoms with Crippen molar-refractivity contribution in [3.05, 3.63) is 173 Å². The highest BCUT2D eigenvalue weighted by Crippen LogP contribution is 2.41. The van der Waals surface area contributed by atoms with Gasteiger partial charge in [0.1, 0.15) is 54.3 Å². The van der Waals surface area contributed by atoms with Crippen molar-refractivity contribution < 1.29 is 52.2 Å². The Morgan fingerprint density at radius 3 is 1.70 bits per heavy atom. The molecule has 69 heavy (non-hydrogen) atoms. The van der Waals surface area contributed by atoms with Crippen LogP contribution in [-0.2, 0) is 73.5 Å². The van der Waals surface area contributed by atoms with Crippen molar-refractivity contribution >= 4 is 25.3 Å². The molecule has 0 unspecified atom stereocenters. The molecule has 0 radical (unpaired) electrons. The van der Waals surface area contributed by atoms with Crippen molar-refractivity contribution in [3.8, 4) is 0 Å². The Morgan fingerprint density at radius 1 is 0.609 bits per heavy atom. The summed E-state index contributed by atoms with van der Waals surface area (Å²) in [5, 5.41) is 13.3. The molecule has 3 aliphatic rings. The summed E-state index contributed by atoms with van der Waals surface area (Å²) in [7, 11) is -1.25. The molecule has 0 aromatic heterocycles. The first kappa shape index (κ1) is 51.6. The molecule has 0 bridgehead atoms.